The molecule has 0 spiro atoms. The van der Waals surface area contributed by atoms with Gasteiger partial charge in [-0.25, -0.2) is 0 Å². The van der Waals surface area contributed by atoms with E-state index in [1.54, 1.807) is 12.1 Å². The van der Waals surface area contributed by atoms with E-state index in [4.69, 9.17) is 0 Å². The zero-order chi connectivity index (χ0) is 12.7. The van der Waals surface area contributed by atoms with Gasteiger partial charge in [-0.05, 0) is 25.2 Å². The van der Waals surface area contributed by atoms with E-state index in [1.807, 2.05) is 0 Å². The fraction of sp³-hybridized carbons (Fsp3) is 0.385. The molecule has 0 radical (unpaired) electrons. The summed E-state index contributed by atoms with van der Waals surface area (Å²) >= 11 is 0. The molecule has 1 aromatic carbocycles. The molecule has 0 saturated heterocycles. The highest BCUT2D eigenvalue weighted by Crippen LogP contribution is 2.10. The van der Waals surface area contributed by atoms with Crippen LogP contribution in [-0.4, -0.2) is 29.5 Å². The second kappa shape index (κ2) is 6.66. The molecular weight excluding hydrogens is 216 g/mol. The molecule has 0 aromatic heterocycles. The molecule has 0 amide bonds. The number of nitro benzene ring substituents is 1. The Morgan fingerprint density at radius 1 is 1.24 bits per heavy atom. The van der Waals surface area contributed by atoms with E-state index in [2.05, 4.69) is 30.6 Å². The lowest BCUT2D eigenvalue weighted by molar-refractivity contribution is -0.384. The minimum atomic E-state index is -0.410. The van der Waals surface area contributed by atoms with Crippen LogP contribution in [0.5, 0.6) is 0 Å². The van der Waals surface area contributed by atoms with Crippen LogP contribution in [0.4, 0.5) is 5.69 Å². The first-order valence-electron chi connectivity index (χ1n) is 5.63. The lowest BCUT2D eigenvalue weighted by atomic mass is 10.2. The SMILES string of the molecule is CCN(CC)CC#Cc1ccc([N+](=O)[O-])cc1. The maximum Gasteiger partial charge on any atom is 0.269 e. The van der Waals surface area contributed by atoms with Gasteiger partial charge in [0.15, 0.2) is 0 Å². The summed E-state index contributed by atoms with van der Waals surface area (Å²) < 4.78 is 0. The molecule has 1 aromatic rings. The summed E-state index contributed by atoms with van der Waals surface area (Å²) in [5.41, 5.74) is 0.905. The summed E-state index contributed by atoms with van der Waals surface area (Å²) in [6.45, 7) is 6.87. The summed E-state index contributed by atoms with van der Waals surface area (Å²) in [4.78, 5) is 12.3. The van der Waals surface area contributed by atoms with E-state index in [9.17, 15) is 10.1 Å². The van der Waals surface area contributed by atoms with E-state index in [0.717, 1.165) is 25.2 Å². The van der Waals surface area contributed by atoms with Crippen LogP contribution in [-0.2, 0) is 0 Å². The van der Waals surface area contributed by atoms with Crippen molar-refractivity contribution in [1.82, 2.24) is 4.90 Å². The lowest BCUT2D eigenvalue weighted by Gasteiger charge is -2.13. The number of hydrogen-bond acceptors (Lipinski definition) is 3. The number of non-ortho nitro benzene ring substituents is 1. The third-order valence-electron chi connectivity index (χ3n) is 2.51. The predicted molar refractivity (Wildman–Crippen MR) is 67.8 cm³/mol. The molecule has 90 valence electrons. The highest BCUT2D eigenvalue weighted by molar-refractivity contribution is 5.41. The fourth-order valence-electron chi connectivity index (χ4n) is 1.37. The summed E-state index contributed by atoms with van der Waals surface area (Å²) in [5, 5.41) is 10.5. The van der Waals surface area contributed by atoms with Gasteiger partial charge in [-0.15, -0.1) is 0 Å². The monoisotopic (exact) mass is 232 g/mol. The highest BCUT2D eigenvalue weighted by atomic mass is 16.6. The summed E-state index contributed by atoms with van der Waals surface area (Å²) in [6, 6.07) is 6.30. The van der Waals surface area contributed by atoms with Gasteiger partial charge in [-0.1, -0.05) is 25.7 Å². The van der Waals surface area contributed by atoms with Gasteiger partial charge in [0.25, 0.3) is 5.69 Å². The molecule has 0 heterocycles. The van der Waals surface area contributed by atoms with E-state index in [1.165, 1.54) is 12.1 Å². The Bertz CT molecular complexity index is 425. The van der Waals surface area contributed by atoms with Crippen molar-refractivity contribution in [2.75, 3.05) is 19.6 Å². The largest absolute Gasteiger partial charge is 0.293 e. The number of nitrogens with zero attached hydrogens (tertiary/aromatic N) is 2. The van der Waals surface area contributed by atoms with Gasteiger partial charge in [0.2, 0.25) is 0 Å². The van der Waals surface area contributed by atoms with Crippen molar-refractivity contribution in [3.8, 4) is 11.8 Å². The first-order valence-corrected chi connectivity index (χ1v) is 5.63. The molecule has 4 nitrogen and oxygen atoms in total. The van der Waals surface area contributed by atoms with Crippen molar-refractivity contribution in [2.24, 2.45) is 0 Å². The van der Waals surface area contributed by atoms with Crippen molar-refractivity contribution < 1.29 is 4.92 Å². The first-order chi connectivity index (χ1) is 8.17. The lowest BCUT2D eigenvalue weighted by Crippen LogP contribution is -2.22. The molecule has 4 heteroatoms. The van der Waals surface area contributed by atoms with Crippen molar-refractivity contribution >= 4 is 5.69 Å². The van der Waals surface area contributed by atoms with Crippen LogP contribution in [0.25, 0.3) is 0 Å². The summed E-state index contributed by atoms with van der Waals surface area (Å²) in [6.07, 6.45) is 0. The average Bonchev–Trinajstić information content (AvgIpc) is 2.35. The molecular formula is C13H16N2O2. The molecule has 1 rings (SSSR count). The van der Waals surface area contributed by atoms with Gasteiger partial charge in [0.05, 0.1) is 11.5 Å². The highest BCUT2D eigenvalue weighted by Gasteiger charge is 2.02. The third kappa shape index (κ3) is 4.25. The van der Waals surface area contributed by atoms with Gasteiger partial charge < -0.3 is 0 Å². The van der Waals surface area contributed by atoms with Crippen LogP contribution in [0.15, 0.2) is 24.3 Å². The quantitative estimate of drug-likeness (QED) is 0.454. The second-order valence-electron chi connectivity index (χ2n) is 3.57. The van der Waals surface area contributed by atoms with Crippen LogP contribution in [0.1, 0.15) is 19.4 Å². The third-order valence-corrected chi connectivity index (χ3v) is 2.51. The molecule has 0 unspecified atom stereocenters. The standard InChI is InChI=1S/C13H16N2O2/c1-3-14(4-2)11-5-6-12-7-9-13(10-8-12)15(16)17/h7-10H,3-4,11H2,1-2H3. The molecule has 0 aliphatic carbocycles. The molecule has 0 fully saturated rings. The Morgan fingerprint density at radius 3 is 2.29 bits per heavy atom. The minimum absolute atomic E-state index is 0.0966. The van der Waals surface area contributed by atoms with Crippen molar-refractivity contribution in [3.63, 3.8) is 0 Å². The minimum Gasteiger partial charge on any atom is -0.293 e. The smallest absolute Gasteiger partial charge is 0.269 e. The van der Waals surface area contributed by atoms with Crippen LogP contribution < -0.4 is 0 Å². The Balaban J connectivity index is 2.63. The first kappa shape index (κ1) is 13.2. The Kier molecular flexibility index (Phi) is 5.18. The van der Waals surface area contributed by atoms with E-state index in [-0.39, 0.29) is 5.69 Å². The normalized spacial score (nSPS) is 9.82. The zero-order valence-corrected chi connectivity index (χ0v) is 10.1. The number of benzene rings is 1. The number of rotatable bonds is 4. The average molecular weight is 232 g/mol. The molecule has 0 atom stereocenters. The zero-order valence-electron chi connectivity index (χ0n) is 10.1. The van der Waals surface area contributed by atoms with Crippen molar-refractivity contribution in [2.45, 2.75) is 13.8 Å². The van der Waals surface area contributed by atoms with E-state index >= 15 is 0 Å². The number of nitro groups is 1. The van der Waals surface area contributed by atoms with Crippen LogP contribution in [0.2, 0.25) is 0 Å². The molecule has 0 bridgehead atoms. The summed E-state index contributed by atoms with van der Waals surface area (Å²) in [7, 11) is 0. The Morgan fingerprint density at radius 2 is 1.82 bits per heavy atom. The maximum absolute atomic E-state index is 10.5. The van der Waals surface area contributed by atoms with Crippen LogP contribution in [0.3, 0.4) is 0 Å². The van der Waals surface area contributed by atoms with E-state index < -0.39 is 4.92 Å². The van der Waals surface area contributed by atoms with Gasteiger partial charge in [0.1, 0.15) is 0 Å². The van der Waals surface area contributed by atoms with Gasteiger partial charge in [-0.2, -0.15) is 0 Å². The molecule has 0 saturated carbocycles. The van der Waals surface area contributed by atoms with Gasteiger partial charge in [0, 0.05) is 17.7 Å². The molecule has 0 N–H and O–H groups in total. The summed E-state index contributed by atoms with van der Waals surface area (Å²) in [5.74, 6) is 6.05. The predicted octanol–water partition coefficient (Wildman–Crippen LogP) is 2.29. The fourth-order valence-corrected chi connectivity index (χ4v) is 1.37. The number of hydrogen-bond donors (Lipinski definition) is 0. The topological polar surface area (TPSA) is 46.4 Å². The van der Waals surface area contributed by atoms with E-state index in [0.29, 0.717) is 0 Å². The van der Waals surface area contributed by atoms with Crippen molar-refractivity contribution in [3.05, 3.63) is 39.9 Å². The van der Waals surface area contributed by atoms with Gasteiger partial charge in [-0.3, -0.25) is 15.0 Å². The van der Waals surface area contributed by atoms with Crippen molar-refractivity contribution in [1.29, 1.82) is 0 Å². The van der Waals surface area contributed by atoms with Crippen LogP contribution >= 0.6 is 0 Å². The van der Waals surface area contributed by atoms with Gasteiger partial charge >= 0.3 is 0 Å². The second-order valence-corrected chi connectivity index (χ2v) is 3.57. The Hall–Kier alpha value is -1.86. The van der Waals surface area contributed by atoms with Crippen LogP contribution in [0, 0.1) is 22.0 Å². The molecule has 0 aliphatic heterocycles. The molecule has 17 heavy (non-hydrogen) atoms. The molecule has 0 aliphatic rings. The maximum atomic E-state index is 10.5. The Labute approximate surface area is 101 Å².